The van der Waals surface area contributed by atoms with E-state index in [1.165, 1.54) is 52.0 Å². The van der Waals surface area contributed by atoms with Crippen molar-refractivity contribution in [2.24, 2.45) is 22.5 Å². The van der Waals surface area contributed by atoms with Crippen LogP contribution in [0.4, 0.5) is 4.79 Å². The van der Waals surface area contributed by atoms with Crippen LogP contribution in [0.5, 0.6) is 0 Å². The fourth-order valence-corrected chi connectivity index (χ4v) is 10.2. The number of nitrogens with one attached hydrogen (secondary N) is 1. The van der Waals surface area contributed by atoms with Crippen LogP contribution in [-0.2, 0) is 57.1 Å². The molecule has 4 aliphatic rings. The zero-order chi connectivity index (χ0) is 49.4. The zero-order valence-electron chi connectivity index (χ0n) is 38.8. The summed E-state index contributed by atoms with van der Waals surface area (Å²) in [5.74, 6) is -7.75. The summed E-state index contributed by atoms with van der Waals surface area (Å²) in [4.78, 5) is 96.3. The van der Waals surface area contributed by atoms with Crippen molar-refractivity contribution in [3.8, 4) is 0 Å². The summed E-state index contributed by atoms with van der Waals surface area (Å²) in [5.41, 5.74) is -3.48. The maximum absolute atomic E-state index is 15.2. The highest BCUT2D eigenvalue weighted by Gasteiger charge is 2.78. The lowest BCUT2D eigenvalue weighted by Gasteiger charge is -2.67. The highest BCUT2D eigenvalue weighted by Crippen LogP contribution is 2.64. The number of aliphatic hydroxyl groups excluding tert-OH is 2. The normalized spacial score (nSPS) is 30.5. The lowest BCUT2D eigenvalue weighted by Crippen LogP contribution is -2.81. The van der Waals surface area contributed by atoms with E-state index in [0.29, 0.717) is 0 Å². The molecule has 2 saturated carbocycles. The molecule has 19 heteroatoms. The van der Waals surface area contributed by atoms with Gasteiger partial charge in [-0.2, -0.15) is 0 Å². The third kappa shape index (κ3) is 9.56. The molecule has 6 rings (SSSR count). The van der Waals surface area contributed by atoms with Gasteiger partial charge in [0.15, 0.2) is 18.0 Å². The van der Waals surface area contributed by atoms with Gasteiger partial charge in [-0.1, -0.05) is 62.4 Å². The fraction of sp³-hybridized carbons (Fsp3) is 0.562. The largest absolute Gasteiger partial charge is 0.455 e. The molecule has 11 atom stereocenters. The summed E-state index contributed by atoms with van der Waals surface area (Å²) in [6, 6.07) is 14.1. The van der Waals surface area contributed by atoms with Crippen LogP contribution < -0.4 is 11.1 Å². The van der Waals surface area contributed by atoms with Gasteiger partial charge in [0.2, 0.25) is 6.10 Å². The topological polar surface area (TPSA) is 283 Å². The summed E-state index contributed by atoms with van der Waals surface area (Å²) in [6.07, 6.45) is -12.4. The SMILES string of the molecule is CC(=O)O[C@@]12CO[C@@H]1C[C@H](O)[C@@]1(C)C(=O)[C@H](O)C3=C(C)[C@@H](OC(=O)[C@H](OC(=O)COC(=O)CCN)[C@@H](NC(=O)OC(C)(C)C)c4ccccc4)C[C@@](O)(C(OC(=O)c4ccccc4)[C@H]21)C3(C)C. The molecule has 0 radical (unpaired) electrons. The Morgan fingerprint density at radius 1 is 0.940 bits per heavy atom. The lowest BCUT2D eigenvalue weighted by molar-refractivity contribution is -0.346. The van der Waals surface area contributed by atoms with Crippen LogP contribution in [0.15, 0.2) is 71.8 Å². The minimum Gasteiger partial charge on any atom is -0.455 e. The van der Waals surface area contributed by atoms with Crippen LogP contribution in [0.2, 0.25) is 0 Å². The number of nitrogens with two attached hydrogens (primary N) is 1. The second-order valence-electron chi connectivity index (χ2n) is 19.2. The molecule has 2 aromatic rings. The van der Waals surface area contributed by atoms with Crippen molar-refractivity contribution in [1.29, 1.82) is 0 Å². The van der Waals surface area contributed by atoms with Gasteiger partial charge < -0.3 is 59.5 Å². The molecular weight excluding hydrogens is 877 g/mol. The molecule has 67 heavy (non-hydrogen) atoms. The van der Waals surface area contributed by atoms with Crippen LogP contribution in [0.1, 0.15) is 96.6 Å². The van der Waals surface area contributed by atoms with Gasteiger partial charge in [-0.15, -0.1) is 0 Å². The van der Waals surface area contributed by atoms with Crippen molar-refractivity contribution in [3.05, 3.63) is 82.9 Å². The lowest BCUT2D eigenvalue weighted by atomic mass is 9.44. The number of fused-ring (bicyclic) bond motifs is 5. The number of alkyl carbamates (subject to hydrolysis) is 1. The van der Waals surface area contributed by atoms with E-state index in [1.807, 2.05) is 0 Å². The first-order valence-electron chi connectivity index (χ1n) is 22.0. The summed E-state index contributed by atoms with van der Waals surface area (Å²) in [7, 11) is 0. The van der Waals surface area contributed by atoms with Crippen LogP contribution in [-0.4, -0.2) is 130 Å². The quantitative estimate of drug-likeness (QED) is 0.110. The Labute approximate surface area is 387 Å². The number of hydrogen-bond donors (Lipinski definition) is 5. The number of carbonyl (C=O) groups is 7. The maximum Gasteiger partial charge on any atom is 0.408 e. The minimum absolute atomic E-state index is 0.0341. The monoisotopic (exact) mass is 936 g/mol. The Balaban J connectivity index is 1.51. The third-order valence-electron chi connectivity index (χ3n) is 13.5. The van der Waals surface area contributed by atoms with Crippen molar-refractivity contribution in [3.63, 3.8) is 0 Å². The van der Waals surface area contributed by atoms with Gasteiger partial charge in [-0.3, -0.25) is 14.4 Å². The van der Waals surface area contributed by atoms with Crippen molar-refractivity contribution >= 4 is 41.7 Å². The molecule has 1 aliphatic heterocycles. The Morgan fingerprint density at radius 2 is 1.57 bits per heavy atom. The van der Waals surface area contributed by atoms with Crippen molar-refractivity contribution < 1.29 is 82.0 Å². The standard InChI is InChI=1S/C48H60N2O17/c1-25-29(63-42(58)37(64-33(54)23-61-32(53)19-20-49)35(27-15-11-9-12-16-27)50-43(59)67-44(3,4)5)22-48(60)40(65-41(57)28-17-13-10-14-18-28)38-46(8,39(56)36(55)34(25)45(48,6)7)30(52)21-31-47(38,24-62-31)66-26(2)51/h9-18,29-31,35-38,40,52,55,60H,19-24,49H2,1-8H3,(H,50,59)/t29-,30-,31+,35-,36+,37+,38-,40?,46+,47-,48+/m0/s1. The van der Waals surface area contributed by atoms with Crippen molar-refractivity contribution in [2.75, 3.05) is 19.8 Å². The average Bonchev–Trinajstić information content (AvgIpc) is 3.25. The summed E-state index contributed by atoms with van der Waals surface area (Å²) in [5, 5.41) is 40.6. The van der Waals surface area contributed by atoms with Gasteiger partial charge in [-0.05, 0) is 63.5 Å². The minimum atomic E-state index is -2.47. The molecule has 364 valence electrons. The molecule has 1 heterocycles. The number of aliphatic hydroxyl groups is 3. The molecule has 2 bridgehead atoms. The van der Waals surface area contributed by atoms with E-state index in [-0.39, 0.29) is 48.3 Å². The van der Waals surface area contributed by atoms with Gasteiger partial charge in [-0.25, -0.2) is 19.2 Å². The van der Waals surface area contributed by atoms with Crippen LogP contribution in [0.3, 0.4) is 0 Å². The second kappa shape index (κ2) is 19.1. The smallest absolute Gasteiger partial charge is 0.408 e. The number of hydrogen-bond acceptors (Lipinski definition) is 18. The Bertz CT molecular complexity index is 2280. The van der Waals surface area contributed by atoms with Gasteiger partial charge >= 0.3 is 35.9 Å². The molecule has 0 spiro atoms. The number of Topliss-reactive ketones (excluding diaryl/α,β-unsaturated/α-hetero) is 1. The van der Waals surface area contributed by atoms with E-state index in [1.54, 1.807) is 57.2 Å². The van der Waals surface area contributed by atoms with E-state index in [2.05, 4.69) is 5.32 Å². The number of benzene rings is 2. The van der Waals surface area contributed by atoms with Crippen molar-refractivity contribution in [1.82, 2.24) is 5.32 Å². The first kappa shape index (κ1) is 50.7. The fourth-order valence-electron chi connectivity index (χ4n) is 10.2. The van der Waals surface area contributed by atoms with Crippen LogP contribution in [0.25, 0.3) is 0 Å². The van der Waals surface area contributed by atoms with E-state index < -0.39 is 131 Å². The number of amides is 1. The summed E-state index contributed by atoms with van der Waals surface area (Å²) >= 11 is 0. The van der Waals surface area contributed by atoms with E-state index in [0.717, 1.165) is 6.92 Å². The molecule has 1 amide bonds. The highest BCUT2D eigenvalue weighted by molar-refractivity contribution is 5.94. The highest BCUT2D eigenvalue weighted by atomic mass is 16.6. The second-order valence-corrected chi connectivity index (χ2v) is 19.2. The number of ether oxygens (including phenoxy) is 7. The molecule has 1 saturated heterocycles. The van der Waals surface area contributed by atoms with E-state index in [9.17, 15) is 44.1 Å². The number of esters is 5. The van der Waals surface area contributed by atoms with Crippen LogP contribution in [0, 0.1) is 16.7 Å². The molecule has 19 nitrogen and oxygen atoms in total. The summed E-state index contributed by atoms with van der Waals surface area (Å²) < 4.78 is 40.6. The van der Waals surface area contributed by atoms with E-state index in [4.69, 9.17) is 38.9 Å². The predicted molar refractivity (Wildman–Crippen MR) is 232 cm³/mol. The molecule has 1 unspecified atom stereocenters. The van der Waals surface area contributed by atoms with Gasteiger partial charge in [0.05, 0.1) is 36.0 Å². The molecular formula is C48H60N2O17. The van der Waals surface area contributed by atoms with Crippen LogP contribution >= 0.6 is 0 Å². The molecule has 6 N–H and O–H groups in total. The maximum atomic E-state index is 15.2. The van der Waals surface area contributed by atoms with Gasteiger partial charge in [0.1, 0.15) is 41.7 Å². The molecule has 2 aromatic carbocycles. The third-order valence-corrected chi connectivity index (χ3v) is 13.5. The van der Waals surface area contributed by atoms with Gasteiger partial charge in [0, 0.05) is 31.7 Å². The van der Waals surface area contributed by atoms with Gasteiger partial charge in [0.25, 0.3) is 0 Å². The molecule has 3 fully saturated rings. The average molecular weight is 937 g/mol. The number of ketones is 1. The Hall–Kier alpha value is -5.73. The first-order valence-corrected chi connectivity index (χ1v) is 22.0. The first-order chi connectivity index (χ1) is 31.3. The predicted octanol–water partition coefficient (Wildman–Crippen LogP) is 2.70. The zero-order valence-corrected chi connectivity index (χ0v) is 38.8. The summed E-state index contributed by atoms with van der Waals surface area (Å²) in [6.45, 7) is 10.4. The van der Waals surface area contributed by atoms with E-state index >= 15 is 4.79 Å². The van der Waals surface area contributed by atoms with Crippen molar-refractivity contribution in [2.45, 2.75) is 134 Å². The number of rotatable bonds is 13. The molecule has 3 aliphatic carbocycles. The number of carbonyl (C=O) groups excluding carboxylic acids is 7. The Morgan fingerprint density at radius 3 is 2.13 bits per heavy atom. The Kier molecular flexibility index (Phi) is 14.5. The molecule has 0 aromatic heterocycles.